The van der Waals surface area contributed by atoms with Gasteiger partial charge in [-0.3, -0.25) is 9.79 Å². The molecule has 0 saturated carbocycles. The Morgan fingerprint density at radius 2 is 1.74 bits per heavy atom. The summed E-state index contributed by atoms with van der Waals surface area (Å²) in [6.07, 6.45) is 0.951. The van der Waals surface area contributed by atoms with Crippen LogP contribution in [0.2, 0.25) is 0 Å². The van der Waals surface area contributed by atoms with Crippen molar-refractivity contribution in [3.63, 3.8) is 0 Å². The van der Waals surface area contributed by atoms with Gasteiger partial charge >= 0.3 is 0 Å². The van der Waals surface area contributed by atoms with Gasteiger partial charge in [-0.25, -0.2) is 4.39 Å². The molecular formula is C19H32FIN4OS. The number of carbonyl (C=O) groups is 1. The smallest absolute Gasteiger partial charge is 0.227 e. The number of guanidine groups is 1. The van der Waals surface area contributed by atoms with Gasteiger partial charge in [0.2, 0.25) is 5.91 Å². The van der Waals surface area contributed by atoms with Crippen molar-refractivity contribution in [2.24, 2.45) is 10.4 Å². The molecule has 0 aliphatic heterocycles. The zero-order chi connectivity index (χ0) is 19.4. The van der Waals surface area contributed by atoms with E-state index < -0.39 is 5.41 Å². The SMILES string of the molecule is CCNC(=O)C(C)(C)CN=C(NCC)NCCCSc1ccc(F)cc1.I. The highest BCUT2D eigenvalue weighted by Crippen LogP contribution is 2.18. The van der Waals surface area contributed by atoms with Gasteiger partial charge in [-0.15, -0.1) is 35.7 Å². The van der Waals surface area contributed by atoms with Crippen LogP contribution in [-0.4, -0.2) is 43.8 Å². The summed E-state index contributed by atoms with van der Waals surface area (Å²) in [5.41, 5.74) is -0.545. The van der Waals surface area contributed by atoms with Crippen LogP contribution in [0.1, 0.15) is 34.1 Å². The molecule has 27 heavy (non-hydrogen) atoms. The van der Waals surface area contributed by atoms with Gasteiger partial charge in [0.1, 0.15) is 5.82 Å². The summed E-state index contributed by atoms with van der Waals surface area (Å²) in [6, 6.07) is 6.55. The fraction of sp³-hybridized carbons (Fsp3) is 0.579. The summed E-state index contributed by atoms with van der Waals surface area (Å²) in [5.74, 6) is 1.45. The molecule has 0 aliphatic carbocycles. The lowest BCUT2D eigenvalue weighted by molar-refractivity contribution is -0.128. The molecule has 0 unspecified atom stereocenters. The Hall–Kier alpha value is -1.03. The molecule has 1 aromatic rings. The fourth-order valence-corrected chi connectivity index (χ4v) is 2.94. The molecule has 0 fully saturated rings. The van der Waals surface area contributed by atoms with Crippen molar-refractivity contribution < 1.29 is 9.18 Å². The molecule has 0 spiro atoms. The number of amides is 1. The second kappa shape index (κ2) is 14.0. The van der Waals surface area contributed by atoms with E-state index in [1.807, 2.05) is 27.7 Å². The van der Waals surface area contributed by atoms with E-state index in [1.165, 1.54) is 12.1 Å². The number of nitrogens with zero attached hydrogens (tertiary/aromatic N) is 1. The number of hydrogen-bond acceptors (Lipinski definition) is 3. The molecule has 1 rings (SSSR count). The number of benzene rings is 1. The Morgan fingerprint density at radius 1 is 1.11 bits per heavy atom. The first-order valence-corrected chi connectivity index (χ1v) is 10.1. The summed E-state index contributed by atoms with van der Waals surface area (Å²) in [5, 5.41) is 9.34. The third-order valence-electron chi connectivity index (χ3n) is 3.62. The van der Waals surface area contributed by atoms with Crippen LogP contribution in [0.4, 0.5) is 4.39 Å². The lowest BCUT2D eigenvalue weighted by Crippen LogP contribution is -2.42. The lowest BCUT2D eigenvalue weighted by atomic mass is 9.92. The number of aliphatic imine (C=N–C) groups is 1. The highest BCUT2D eigenvalue weighted by molar-refractivity contribution is 14.0. The lowest BCUT2D eigenvalue weighted by Gasteiger charge is -2.22. The maximum Gasteiger partial charge on any atom is 0.227 e. The predicted octanol–water partition coefficient (Wildman–Crippen LogP) is 3.64. The molecule has 8 heteroatoms. The second-order valence-corrected chi connectivity index (χ2v) is 7.69. The van der Waals surface area contributed by atoms with E-state index in [9.17, 15) is 9.18 Å². The van der Waals surface area contributed by atoms with Gasteiger partial charge in [-0.05, 0) is 64.1 Å². The van der Waals surface area contributed by atoms with Gasteiger partial charge in [-0.1, -0.05) is 0 Å². The molecule has 0 radical (unpaired) electrons. The van der Waals surface area contributed by atoms with Crippen molar-refractivity contribution in [1.82, 2.24) is 16.0 Å². The quantitative estimate of drug-likeness (QED) is 0.148. The monoisotopic (exact) mass is 510 g/mol. The Balaban J connectivity index is 0.00000676. The van der Waals surface area contributed by atoms with Crippen molar-refractivity contribution in [1.29, 1.82) is 0 Å². The van der Waals surface area contributed by atoms with Crippen LogP contribution >= 0.6 is 35.7 Å². The highest BCUT2D eigenvalue weighted by atomic mass is 127. The summed E-state index contributed by atoms with van der Waals surface area (Å²) in [7, 11) is 0. The van der Waals surface area contributed by atoms with Crippen LogP contribution in [0.3, 0.4) is 0 Å². The standard InChI is InChI=1S/C19H31FN4OS.HI/c1-5-21-17(25)19(3,4)14-24-18(22-6-2)23-12-7-13-26-16-10-8-15(20)9-11-16;/h8-11H,5-7,12-14H2,1-4H3,(H,21,25)(H2,22,23,24);1H. The molecule has 1 aromatic carbocycles. The van der Waals surface area contributed by atoms with Crippen LogP contribution in [0.25, 0.3) is 0 Å². The Labute approximate surface area is 183 Å². The highest BCUT2D eigenvalue weighted by Gasteiger charge is 2.26. The Bertz CT molecular complexity index is 582. The minimum atomic E-state index is -0.545. The molecule has 0 aromatic heterocycles. The van der Waals surface area contributed by atoms with Gasteiger partial charge in [0.25, 0.3) is 0 Å². The van der Waals surface area contributed by atoms with Crippen LogP contribution in [0.15, 0.2) is 34.2 Å². The van der Waals surface area contributed by atoms with E-state index >= 15 is 0 Å². The van der Waals surface area contributed by atoms with E-state index in [2.05, 4.69) is 20.9 Å². The van der Waals surface area contributed by atoms with Crippen molar-refractivity contribution in [3.05, 3.63) is 30.1 Å². The molecule has 3 N–H and O–H groups in total. The largest absolute Gasteiger partial charge is 0.357 e. The van der Waals surface area contributed by atoms with Gasteiger partial charge in [0.05, 0.1) is 12.0 Å². The number of rotatable bonds is 10. The number of thioether (sulfide) groups is 1. The average molecular weight is 510 g/mol. The third kappa shape index (κ3) is 10.8. The topological polar surface area (TPSA) is 65.5 Å². The third-order valence-corrected chi connectivity index (χ3v) is 4.72. The van der Waals surface area contributed by atoms with Crippen LogP contribution in [-0.2, 0) is 4.79 Å². The first kappa shape index (κ1) is 26.0. The van der Waals surface area contributed by atoms with Gasteiger partial charge in [0, 0.05) is 24.5 Å². The van der Waals surface area contributed by atoms with Crippen molar-refractivity contribution in [3.8, 4) is 0 Å². The average Bonchev–Trinajstić information content (AvgIpc) is 2.61. The van der Waals surface area contributed by atoms with E-state index in [1.54, 1.807) is 23.9 Å². The normalized spacial score (nSPS) is 11.5. The molecule has 0 aliphatic rings. The fourth-order valence-electron chi connectivity index (χ4n) is 2.09. The maximum atomic E-state index is 12.9. The van der Waals surface area contributed by atoms with Crippen LogP contribution in [0.5, 0.6) is 0 Å². The van der Waals surface area contributed by atoms with Gasteiger partial charge in [-0.2, -0.15) is 0 Å². The number of nitrogens with one attached hydrogen (secondary N) is 3. The van der Waals surface area contributed by atoms with E-state index in [-0.39, 0.29) is 35.7 Å². The van der Waals surface area contributed by atoms with Gasteiger partial charge in [0.15, 0.2) is 5.96 Å². The zero-order valence-corrected chi connectivity index (χ0v) is 19.7. The van der Waals surface area contributed by atoms with E-state index in [0.29, 0.717) is 13.1 Å². The summed E-state index contributed by atoms with van der Waals surface area (Å²) in [4.78, 5) is 17.6. The summed E-state index contributed by atoms with van der Waals surface area (Å²) in [6.45, 7) is 10.3. The molecule has 154 valence electrons. The summed E-state index contributed by atoms with van der Waals surface area (Å²) >= 11 is 1.70. The minimum Gasteiger partial charge on any atom is -0.357 e. The Morgan fingerprint density at radius 3 is 2.33 bits per heavy atom. The predicted molar refractivity (Wildman–Crippen MR) is 124 cm³/mol. The van der Waals surface area contributed by atoms with Crippen LogP contribution < -0.4 is 16.0 Å². The van der Waals surface area contributed by atoms with Gasteiger partial charge < -0.3 is 16.0 Å². The maximum absolute atomic E-state index is 12.9. The van der Waals surface area contributed by atoms with Crippen molar-refractivity contribution in [2.75, 3.05) is 31.9 Å². The van der Waals surface area contributed by atoms with Crippen molar-refractivity contribution >= 4 is 47.6 Å². The summed E-state index contributed by atoms with van der Waals surface area (Å²) < 4.78 is 12.9. The number of hydrogen-bond donors (Lipinski definition) is 3. The number of halogens is 2. The van der Waals surface area contributed by atoms with E-state index in [0.717, 1.165) is 36.1 Å². The second-order valence-electron chi connectivity index (χ2n) is 6.52. The minimum absolute atomic E-state index is 0. The molecule has 0 bridgehead atoms. The molecule has 0 heterocycles. The van der Waals surface area contributed by atoms with Crippen LogP contribution in [0, 0.1) is 11.2 Å². The van der Waals surface area contributed by atoms with E-state index in [4.69, 9.17) is 0 Å². The first-order valence-electron chi connectivity index (χ1n) is 9.08. The molecule has 1 amide bonds. The molecule has 0 saturated heterocycles. The molecule has 5 nitrogen and oxygen atoms in total. The molecular weight excluding hydrogens is 478 g/mol. The Kier molecular flexibility index (Phi) is 13.5. The zero-order valence-electron chi connectivity index (χ0n) is 16.6. The number of carbonyl (C=O) groups excluding carboxylic acids is 1. The molecule has 0 atom stereocenters. The van der Waals surface area contributed by atoms with Crippen molar-refractivity contribution in [2.45, 2.75) is 39.0 Å². The first-order chi connectivity index (χ1) is 12.4.